The summed E-state index contributed by atoms with van der Waals surface area (Å²) in [6.45, 7) is 3.97. The molecule has 0 unspecified atom stereocenters. The summed E-state index contributed by atoms with van der Waals surface area (Å²) in [4.78, 5) is 29.6. The van der Waals surface area contributed by atoms with Crippen molar-refractivity contribution < 1.29 is 18.0 Å². The van der Waals surface area contributed by atoms with E-state index in [4.69, 9.17) is 11.6 Å². The fourth-order valence-electron chi connectivity index (χ4n) is 4.69. The lowest BCUT2D eigenvalue weighted by atomic mass is 10.0. The zero-order valence-corrected chi connectivity index (χ0v) is 25.9. The molecule has 0 radical (unpaired) electrons. The van der Waals surface area contributed by atoms with Gasteiger partial charge in [0.05, 0.1) is 10.6 Å². The second-order valence-corrected chi connectivity index (χ2v) is 12.6. The van der Waals surface area contributed by atoms with E-state index in [0.717, 1.165) is 27.4 Å². The van der Waals surface area contributed by atoms with E-state index in [2.05, 4.69) is 5.32 Å². The Balaban J connectivity index is 1.78. The van der Waals surface area contributed by atoms with E-state index in [1.54, 1.807) is 36.4 Å². The van der Waals surface area contributed by atoms with Gasteiger partial charge < -0.3 is 10.2 Å². The van der Waals surface area contributed by atoms with Crippen molar-refractivity contribution in [2.24, 2.45) is 0 Å². The van der Waals surface area contributed by atoms with E-state index >= 15 is 0 Å². The molecule has 43 heavy (non-hydrogen) atoms. The van der Waals surface area contributed by atoms with Gasteiger partial charge in [0.15, 0.2) is 0 Å². The maximum absolute atomic E-state index is 14.4. The smallest absolute Gasteiger partial charge is 0.264 e. The molecule has 0 aliphatic heterocycles. The number of nitrogens with zero attached hydrogens (tertiary/aromatic N) is 2. The molecule has 0 heterocycles. The second kappa shape index (κ2) is 14.8. The minimum absolute atomic E-state index is 0.0365. The summed E-state index contributed by atoms with van der Waals surface area (Å²) in [7, 11) is -4.17. The molecule has 1 N–H and O–H groups in total. The number of rotatable bonds is 13. The molecule has 0 fully saturated rings. The van der Waals surface area contributed by atoms with Crippen LogP contribution in [0.2, 0.25) is 5.02 Å². The van der Waals surface area contributed by atoms with Crippen LogP contribution in [0.4, 0.5) is 5.69 Å². The van der Waals surface area contributed by atoms with E-state index in [9.17, 15) is 18.0 Å². The van der Waals surface area contributed by atoms with Crippen molar-refractivity contribution in [3.05, 3.63) is 131 Å². The number of amides is 2. The Bertz CT molecular complexity index is 1610. The van der Waals surface area contributed by atoms with Crippen LogP contribution in [0, 0.1) is 6.92 Å². The summed E-state index contributed by atoms with van der Waals surface area (Å²) in [5, 5.41) is 3.28. The van der Waals surface area contributed by atoms with Crippen LogP contribution >= 0.6 is 11.6 Å². The van der Waals surface area contributed by atoms with Gasteiger partial charge in [-0.25, -0.2) is 8.42 Å². The largest absolute Gasteiger partial charge is 0.354 e. The maximum atomic E-state index is 14.4. The summed E-state index contributed by atoms with van der Waals surface area (Å²) in [5.74, 6) is -0.820. The first-order valence-electron chi connectivity index (χ1n) is 14.2. The number of anilines is 1. The maximum Gasteiger partial charge on any atom is 0.264 e. The van der Waals surface area contributed by atoms with Crippen LogP contribution in [-0.2, 0) is 32.6 Å². The van der Waals surface area contributed by atoms with Gasteiger partial charge in [-0.1, -0.05) is 103 Å². The summed E-state index contributed by atoms with van der Waals surface area (Å²) in [6.07, 6.45) is 0.990. The standard InChI is InChI=1S/C34H36ClN3O4S/c1-3-21-36-34(40)32(22-27-11-6-4-7-12-27)37(24-28-19-17-26(2)18-20-28)33(39)25-38(30-14-10-13-29(35)23-30)43(41,42)31-15-8-5-9-16-31/h4-20,23,32H,3,21-22,24-25H2,1-2H3,(H,36,40)/t32-/m0/s1. The molecule has 0 aliphatic carbocycles. The van der Waals surface area contributed by atoms with Crippen molar-refractivity contribution in [2.45, 2.75) is 44.2 Å². The predicted octanol–water partition coefficient (Wildman–Crippen LogP) is 6.01. The molecule has 4 rings (SSSR count). The van der Waals surface area contributed by atoms with Gasteiger partial charge in [0.1, 0.15) is 12.6 Å². The van der Waals surface area contributed by atoms with Crippen LogP contribution in [0.5, 0.6) is 0 Å². The van der Waals surface area contributed by atoms with Crippen molar-refractivity contribution in [1.29, 1.82) is 0 Å². The summed E-state index contributed by atoms with van der Waals surface area (Å²) >= 11 is 6.27. The molecule has 2 amide bonds. The highest BCUT2D eigenvalue weighted by Gasteiger charge is 2.34. The lowest BCUT2D eigenvalue weighted by Crippen LogP contribution is -2.53. The van der Waals surface area contributed by atoms with Crippen LogP contribution < -0.4 is 9.62 Å². The summed E-state index contributed by atoms with van der Waals surface area (Å²) in [5.41, 5.74) is 3.00. The van der Waals surface area contributed by atoms with E-state index in [1.807, 2.05) is 68.4 Å². The van der Waals surface area contributed by atoms with Crippen molar-refractivity contribution in [2.75, 3.05) is 17.4 Å². The Morgan fingerprint density at radius 3 is 2.12 bits per heavy atom. The average molecular weight is 618 g/mol. The Morgan fingerprint density at radius 1 is 0.837 bits per heavy atom. The highest BCUT2D eigenvalue weighted by atomic mass is 35.5. The third-order valence-electron chi connectivity index (χ3n) is 7.00. The predicted molar refractivity (Wildman–Crippen MR) is 171 cm³/mol. The van der Waals surface area contributed by atoms with Gasteiger partial charge in [0.25, 0.3) is 10.0 Å². The Labute approximate surface area is 259 Å². The van der Waals surface area contributed by atoms with Crippen LogP contribution in [-0.4, -0.2) is 44.3 Å². The Morgan fingerprint density at radius 2 is 1.49 bits per heavy atom. The van der Waals surface area contributed by atoms with E-state index in [-0.39, 0.29) is 29.5 Å². The monoisotopic (exact) mass is 617 g/mol. The van der Waals surface area contributed by atoms with Gasteiger partial charge in [0.2, 0.25) is 11.8 Å². The van der Waals surface area contributed by atoms with Gasteiger partial charge in [-0.2, -0.15) is 0 Å². The van der Waals surface area contributed by atoms with Crippen LogP contribution in [0.25, 0.3) is 0 Å². The normalized spacial score (nSPS) is 11.9. The van der Waals surface area contributed by atoms with Gasteiger partial charge in [-0.05, 0) is 54.8 Å². The van der Waals surface area contributed by atoms with Crippen molar-refractivity contribution in [3.8, 4) is 0 Å². The number of halogens is 1. The Hall–Kier alpha value is -4.14. The number of sulfonamides is 1. The molecule has 1 atom stereocenters. The number of benzene rings is 4. The molecular formula is C34H36ClN3O4S. The molecule has 0 aliphatic rings. The molecule has 7 nitrogen and oxygen atoms in total. The third-order valence-corrected chi connectivity index (χ3v) is 9.02. The minimum Gasteiger partial charge on any atom is -0.354 e. The number of nitrogens with one attached hydrogen (secondary N) is 1. The van der Waals surface area contributed by atoms with E-state index in [0.29, 0.717) is 11.6 Å². The molecule has 9 heteroatoms. The first-order valence-corrected chi connectivity index (χ1v) is 16.0. The topological polar surface area (TPSA) is 86.8 Å². The molecule has 0 bridgehead atoms. The fraction of sp³-hybridized carbons (Fsp3) is 0.235. The molecular weight excluding hydrogens is 582 g/mol. The summed E-state index contributed by atoms with van der Waals surface area (Å²) in [6, 6.07) is 30.6. The zero-order valence-electron chi connectivity index (χ0n) is 24.3. The summed E-state index contributed by atoms with van der Waals surface area (Å²) < 4.78 is 29.0. The number of aryl methyl sites for hydroxylation is 1. The van der Waals surface area contributed by atoms with Gasteiger partial charge in [-0.15, -0.1) is 0 Å². The number of hydrogen-bond acceptors (Lipinski definition) is 4. The number of carbonyl (C=O) groups excluding carboxylic acids is 2. The molecule has 0 aromatic heterocycles. The molecule has 4 aromatic rings. The zero-order chi connectivity index (χ0) is 30.8. The van der Waals surface area contributed by atoms with Crippen molar-refractivity contribution in [3.63, 3.8) is 0 Å². The van der Waals surface area contributed by atoms with Crippen LogP contribution in [0.1, 0.15) is 30.0 Å². The van der Waals surface area contributed by atoms with Gasteiger partial charge >= 0.3 is 0 Å². The van der Waals surface area contributed by atoms with Gasteiger partial charge in [0, 0.05) is 24.5 Å². The third kappa shape index (κ3) is 8.46. The van der Waals surface area contributed by atoms with E-state index in [1.165, 1.54) is 23.1 Å². The molecule has 4 aromatic carbocycles. The van der Waals surface area contributed by atoms with Crippen LogP contribution in [0.15, 0.2) is 114 Å². The minimum atomic E-state index is -4.17. The lowest BCUT2D eigenvalue weighted by molar-refractivity contribution is -0.140. The quantitative estimate of drug-likeness (QED) is 0.199. The van der Waals surface area contributed by atoms with Gasteiger partial charge in [-0.3, -0.25) is 13.9 Å². The van der Waals surface area contributed by atoms with E-state index < -0.39 is 28.5 Å². The molecule has 0 saturated carbocycles. The SMILES string of the molecule is CCCNC(=O)[C@H](Cc1ccccc1)N(Cc1ccc(C)cc1)C(=O)CN(c1cccc(Cl)c1)S(=O)(=O)c1ccccc1. The second-order valence-electron chi connectivity index (χ2n) is 10.3. The number of hydrogen-bond donors (Lipinski definition) is 1. The molecule has 0 spiro atoms. The lowest BCUT2D eigenvalue weighted by Gasteiger charge is -2.34. The average Bonchev–Trinajstić information content (AvgIpc) is 3.02. The first-order chi connectivity index (χ1) is 20.7. The molecule has 224 valence electrons. The number of carbonyl (C=O) groups is 2. The highest BCUT2D eigenvalue weighted by Crippen LogP contribution is 2.27. The van der Waals surface area contributed by atoms with Crippen molar-refractivity contribution >= 4 is 39.1 Å². The highest BCUT2D eigenvalue weighted by molar-refractivity contribution is 7.92. The van der Waals surface area contributed by atoms with Crippen LogP contribution in [0.3, 0.4) is 0 Å². The Kier molecular flexibility index (Phi) is 11.0. The van der Waals surface area contributed by atoms with Crippen molar-refractivity contribution in [1.82, 2.24) is 10.2 Å². The first kappa shape index (κ1) is 31.8. The fourth-order valence-corrected chi connectivity index (χ4v) is 6.30. The molecule has 0 saturated heterocycles.